The molecule has 1 aromatic rings. The first-order chi connectivity index (χ1) is 7.91. The second kappa shape index (κ2) is 2.70. The van der Waals surface area contributed by atoms with E-state index in [0.717, 1.165) is 13.0 Å². The number of aromatic hydroxyl groups is 1. The average molecular weight is 171 g/mol. The normalized spacial score (nSPS) is 21.1. The molecule has 2 nitrogen and oxygen atoms in total. The van der Waals surface area contributed by atoms with Crippen molar-refractivity contribution in [2.24, 2.45) is 0 Å². The quantitative estimate of drug-likeness (QED) is 0.588. The molecule has 0 saturated carbocycles. The van der Waals surface area contributed by atoms with Gasteiger partial charge in [0.25, 0.3) is 0 Å². The van der Waals surface area contributed by atoms with Crippen molar-refractivity contribution in [3.8, 4) is 5.75 Å². The average Bonchev–Trinajstić information content (AvgIpc) is 2.12. The highest BCUT2D eigenvalue weighted by Gasteiger charge is 2.17. The van der Waals surface area contributed by atoms with Gasteiger partial charge in [0.1, 0.15) is 5.75 Å². The molecule has 3 N–H and O–H groups in total. The molecule has 0 radical (unpaired) electrons. The summed E-state index contributed by atoms with van der Waals surface area (Å²) in [6, 6.07) is 3.75. The molecule has 0 atom stereocenters. The minimum Gasteiger partial charge on any atom is -0.508 e. The van der Waals surface area contributed by atoms with Gasteiger partial charge >= 0.3 is 0 Å². The van der Waals surface area contributed by atoms with Crippen LogP contribution in [0.15, 0.2) is 18.2 Å². The van der Waals surface area contributed by atoms with Crippen LogP contribution in [0.5, 0.6) is 5.75 Å². The Balaban J connectivity index is 3.56. The molecule has 0 spiro atoms. The maximum absolute atomic E-state index is 9.77. The Labute approximate surface area is 81.5 Å². The number of benzene rings is 1. The number of nitrogens with two attached hydrogens (primary N) is 1. The van der Waals surface area contributed by atoms with Crippen molar-refractivity contribution in [3.63, 3.8) is 0 Å². The van der Waals surface area contributed by atoms with Crippen LogP contribution in [0.2, 0.25) is 0 Å². The number of anilines is 1. The van der Waals surface area contributed by atoms with Gasteiger partial charge in [-0.2, -0.15) is 0 Å². The van der Waals surface area contributed by atoms with Crippen molar-refractivity contribution in [2.45, 2.75) is 26.0 Å². The van der Waals surface area contributed by atoms with Crippen LogP contribution in [0, 0.1) is 0 Å². The standard InChI is InChI=1S/C10H15NO/c1-10(2,3)8-5-4-7(11)6-9(8)12/h4-6,12H,11H2,1-3H3/i1D3,2D3. The third kappa shape index (κ3) is 1.70. The third-order valence-corrected chi connectivity index (χ3v) is 1.56. The molecule has 1 aromatic carbocycles. The number of nitrogen functional groups attached to an aromatic ring is 1. The molecular weight excluding hydrogens is 150 g/mol. The zero-order chi connectivity index (χ0) is 14.4. The van der Waals surface area contributed by atoms with E-state index in [4.69, 9.17) is 14.0 Å². The van der Waals surface area contributed by atoms with Gasteiger partial charge in [0, 0.05) is 20.0 Å². The first-order valence-corrected chi connectivity index (χ1v) is 3.50. The predicted octanol–water partition coefficient (Wildman–Crippen LogP) is 2.27. The highest BCUT2D eigenvalue weighted by Crippen LogP contribution is 2.31. The fourth-order valence-corrected chi connectivity index (χ4v) is 0.971. The van der Waals surface area contributed by atoms with Crippen LogP contribution in [0.1, 0.15) is 34.4 Å². The van der Waals surface area contributed by atoms with Gasteiger partial charge in [-0.05, 0) is 17.0 Å². The second-order valence-electron chi connectivity index (χ2n) is 2.90. The molecule has 0 aliphatic carbocycles. The molecule has 66 valence electrons. The van der Waals surface area contributed by atoms with Crippen molar-refractivity contribution in [2.75, 3.05) is 5.73 Å². The lowest BCUT2D eigenvalue weighted by atomic mass is 9.86. The van der Waals surface area contributed by atoms with Crippen molar-refractivity contribution >= 4 is 5.69 Å². The highest BCUT2D eigenvalue weighted by atomic mass is 16.3. The van der Waals surface area contributed by atoms with Gasteiger partial charge in [-0.1, -0.05) is 26.7 Å². The molecule has 12 heavy (non-hydrogen) atoms. The number of phenols is 1. The largest absolute Gasteiger partial charge is 0.508 e. The van der Waals surface area contributed by atoms with Crippen LogP contribution in [0.3, 0.4) is 0 Å². The van der Waals surface area contributed by atoms with E-state index in [1.54, 1.807) is 0 Å². The van der Waals surface area contributed by atoms with Gasteiger partial charge in [-0.25, -0.2) is 0 Å². The van der Waals surface area contributed by atoms with Crippen LogP contribution in [-0.4, -0.2) is 5.11 Å². The van der Waals surface area contributed by atoms with E-state index in [2.05, 4.69) is 0 Å². The second-order valence-corrected chi connectivity index (χ2v) is 2.90. The SMILES string of the molecule is [2H]C([2H])([2H])C(C)(c1ccc(N)cc1O)C([2H])([2H])[2H]. The van der Waals surface area contributed by atoms with Gasteiger partial charge in [0.2, 0.25) is 0 Å². The lowest BCUT2D eigenvalue weighted by molar-refractivity contribution is 0.447. The first kappa shape index (κ1) is 3.69. The molecule has 0 heterocycles. The fourth-order valence-electron chi connectivity index (χ4n) is 0.971. The van der Waals surface area contributed by atoms with Crippen LogP contribution in [0.4, 0.5) is 5.69 Å². The Bertz CT molecular complexity index is 437. The zero-order valence-corrected chi connectivity index (χ0v) is 6.76. The minimum absolute atomic E-state index is 0.156. The van der Waals surface area contributed by atoms with E-state index in [0.29, 0.717) is 0 Å². The maximum atomic E-state index is 9.77. The monoisotopic (exact) mass is 171 g/mol. The zero-order valence-electron chi connectivity index (χ0n) is 12.8. The van der Waals surface area contributed by atoms with E-state index < -0.39 is 24.9 Å². The summed E-state index contributed by atoms with van der Waals surface area (Å²) in [5.74, 6) is -0.426. The molecule has 0 bridgehead atoms. The van der Waals surface area contributed by atoms with E-state index in [-0.39, 0.29) is 11.3 Å². The summed E-state index contributed by atoms with van der Waals surface area (Å²) in [4.78, 5) is 0. The van der Waals surface area contributed by atoms with Crippen LogP contribution in [0.25, 0.3) is 0 Å². The number of phenolic OH excluding ortho intramolecular Hbond substituents is 1. The Hall–Kier alpha value is -1.18. The number of rotatable bonds is 0. The van der Waals surface area contributed by atoms with Gasteiger partial charge in [0.05, 0.1) is 0 Å². The summed E-state index contributed by atoms with van der Waals surface area (Å²) in [5, 5.41) is 9.77. The van der Waals surface area contributed by atoms with Crippen molar-refractivity contribution in [1.29, 1.82) is 0 Å². The van der Waals surface area contributed by atoms with Crippen molar-refractivity contribution in [3.05, 3.63) is 23.8 Å². The summed E-state index contributed by atoms with van der Waals surface area (Å²) in [6.45, 7) is -4.48. The fraction of sp³-hybridized carbons (Fsp3) is 0.400. The summed E-state index contributed by atoms with van der Waals surface area (Å²) in [6.07, 6.45) is 0. The molecular formula is C10H15NO. The first-order valence-electron chi connectivity index (χ1n) is 6.50. The molecule has 0 amide bonds. The van der Waals surface area contributed by atoms with Crippen LogP contribution < -0.4 is 5.73 Å². The predicted molar refractivity (Wildman–Crippen MR) is 51.2 cm³/mol. The van der Waals surface area contributed by atoms with Gasteiger partial charge in [-0.3, -0.25) is 0 Å². The van der Waals surface area contributed by atoms with E-state index in [1.807, 2.05) is 0 Å². The Morgan fingerprint density at radius 3 is 2.67 bits per heavy atom. The van der Waals surface area contributed by atoms with Gasteiger partial charge in [-0.15, -0.1) is 0 Å². The summed E-state index contributed by atoms with van der Waals surface area (Å²) >= 11 is 0. The summed E-state index contributed by atoms with van der Waals surface area (Å²) in [7, 11) is 0. The summed E-state index contributed by atoms with van der Waals surface area (Å²) < 4.78 is 44.8. The summed E-state index contributed by atoms with van der Waals surface area (Å²) in [5.41, 5.74) is 3.37. The van der Waals surface area contributed by atoms with Gasteiger partial charge in [0.15, 0.2) is 0 Å². The Kier molecular flexibility index (Phi) is 0.830. The number of hydrogen-bond donors (Lipinski definition) is 2. The molecule has 0 fully saturated rings. The van der Waals surface area contributed by atoms with E-state index >= 15 is 0 Å². The molecule has 0 aliphatic heterocycles. The molecule has 0 unspecified atom stereocenters. The van der Waals surface area contributed by atoms with Crippen LogP contribution in [-0.2, 0) is 5.41 Å². The smallest absolute Gasteiger partial charge is 0.121 e. The molecule has 0 aromatic heterocycles. The molecule has 0 aliphatic rings. The van der Waals surface area contributed by atoms with Crippen LogP contribution >= 0.6 is 0 Å². The molecule has 1 rings (SSSR count). The molecule has 2 heteroatoms. The van der Waals surface area contributed by atoms with E-state index in [9.17, 15) is 5.11 Å². The Morgan fingerprint density at radius 2 is 2.17 bits per heavy atom. The van der Waals surface area contributed by atoms with Gasteiger partial charge < -0.3 is 10.8 Å². The van der Waals surface area contributed by atoms with Crippen molar-refractivity contribution in [1.82, 2.24) is 0 Å². The van der Waals surface area contributed by atoms with Crippen molar-refractivity contribution < 1.29 is 13.3 Å². The third-order valence-electron chi connectivity index (χ3n) is 1.56. The lowest BCUT2D eigenvalue weighted by Crippen LogP contribution is -2.11. The highest BCUT2D eigenvalue weighted by molar-refractivity contribution is 5.49. The molecule has 0 saturated heterocycles. The Morgan fingerprint density at radius 1 is 1.50 bits per heavy atom. The minimum atomic E-state index is -2.79. The number of hydrogen-bond acceptors (Lipinski definition) is 2. The maximum Gasteiger partial charge on any atom is 0.121 e. The lowest BCUT2D eigenvalue weighted by Gasteiger charge is -2.20. The van der Waals surface area contributed by atoms with E-state index in [1.165, 1.54) is 12.1 Å². The topological polar surface area (TPSA) is 46.2 Å².